The summed E-state index contributed by atoms with van der Waals surface area (Å²) in [6.45, 7) is 0. The van der Waals surface area contributed by atoms with Crippen molar-refractivity contribution >= 4 is 34.8 Å². The van der Waals surface area contributed by atoms with Gasteiger partial charge in [-0.05, 0) is 42.5 Å². The zero-order chi connectivity index (χ0) is 20.8. The molecule has 30 heavy (non-hydrogen) atoms. The summed E-state index contributed by atoms with van der Waals surface area (Å²) in [6.07, 6.45) is -1.04. The Balaban J connectivity index is 1.60. The van der Waals surface area contributed by atoms with Crippen molar-refractivity contribution in [2.24, 2.45) is 5.92 Å². The first kappa shape index (κ1) is 18.8. The summed E-state index contributed by atoms with van der Waals surface area (Å²) in [5.74, 6) is -2.26. The molecule has 0 N–H and O–H groups in total. The molecule has 5 nitrogen and oxygen atoms in total. The van der Waals surface area contributed by atoms with Crippen LogP contribution < -0.4 is 9.96 Å². The van der Waals surface area contributed by atoms with Crippen LogP contribution in [0.1, 0.15) is 11.6 Å². The fourth-order valence-corrected chi connectivity index (χ4v) is 4.21. The minimum absolute atomic E-state index is 0.299. The van der Waals surface area contributed by atoms with Crippen LogP contribution >= 0.6 is 11.6 Å². The van der Waals surface area contributed by atoms with Gasteiger partial charge in [0.1, 0.15) is 11.7 Å². The number of hydroxylamine groups is 1. The summed E-state index contributed by atoms with van der Waals surface area (Å²) in [6, 6.07) is 20.9. The summed E-state index contributed by atoms with van der Waals surface area (Å²) in [5.41, 5.74) is 1.35. The number of benzene rings is 3. The van der Waals surface area contributed by atoms with Crippen LogP contribution in [0.5, 0.6) is 0 Å². The molecule has 0 aliphatic carbocycles. The van der Waals surface area contributed by atoms with E-state index in [1.807, 2.05) is 18.2 Å². The molecule has 2 amide bonds. The van der Waals surface area contributed by atoms with Gasteiger partial charge >= 0.3 is 0 Å². The van der Waals surface area contributed by atoms with E-state index in [0.717, 1.165) is 4.90 Å². The average molecular weight is 423 g/mol. The number of imide groups is 1. The molecule has 0 bridgehead atoms. The third-order valence-electron chi connectivity index (χ3n) is 5.43. The zero-order valence-corrected chi connectivity index (χ0v) is 16.4. The first-order chi connectivity index (χ1) is 14.6. The van der Waals surface area contributed by atoms with E-state index in [-0.39, 0.29) is 0 Å². The van der Waals surface area contributed by atoms with E-state index in [1.54, 1.807) is 54.6 Å². The Hall–Kier alpha value is -3.22. The Labute approximate surface area is 177 Å². The van der Waals surface area contributed by atoms with E-state index in [2.05, 4.69) is 0 Å². The molecule has 0 unspecified atom stereocenters. The maximum absolute atomic E-state index is 14.8. The van der Waals surface area contributed by atoms with Crippen molar-refractivity contribution in [3.8, 4) is 0 Å². The highest BCUT2D eigenvalue weighted by Crippen LogP contribution is 2.48. The molecule has 2 heterocycles. The van der Waals surface area contributed by atoms with Crippen LogP contribution in [0.2, 0.25) is 5.02 Å². The molecule has 0 radical (unpaired) electrons. The highest BCUT2D eigenvalue weighted by atomic mass is 35.5. The number of carbonyl (C=O) groups excluding carboxylic acids is 2. The number of halogens is 2. The van der Waals surface area contributed by atoms with Crippen molar-refractivity contribution in [1.29, 1.82) is 0 Å². The normalized spacial score (nSPS) is 23.2. The van der Waals surface area contributed by atoms with Crippen LogP contribution in [0.25, 0.3) is 0 Å². The van der Waals surface area contributed by atoms with Crippen molar-refractivity contribution in [3.05, 3.63) is 95.3 Å². The van der Waals surface area contributed by atoms with E-state index in [0.29, 0.717) is 22.0 Å². The van der Waals surface area contributed by atoms with E-state index < -0.39 is 35.7 Å². The number of rotatable bonds is 3. The molecule has 2 aliphatic heterocycles. The standard InChI is InChI=1S/C23H16ClFN2O3/c24-14-10-12-15(13-11-14)26-22(28)19-20(17-8-4-5-9-18(17)25)27(30-21(19)23(26)29)16-6-2-1-3-7-16/h1-13,19-21H/t19-,20+,21+/m1/s1. The van der Waals surface area contributed by atoms with Crippen LogP contribution in [-0.4, -0.2) is 17.9 Å². The van der Waals surface area contributed by atoms with Crippen LogP contribution in [-0.2, 0) is 14.4 Å². The lowest BCUT2D eigenvalue weighted by Gasteiger charge is -2.29. The minimum Gasteiger partial charge on any atom is -0.273 e. The molecular weight excluding hydrogens is 407 g/mol. The number of hydrogen-bond acceptors (Lipinski definition) is 4. The number of hydrogen-bond donors (Lipinski definition) is 0. The van der Waals surface area contributed by atoms with Crippen molar-refractivity contribution in [3.63, 3.8) is 0 Å². The number of para-hydroxylation sites is 1. The summed E-state index contributed by atoms with van der Waals surface area (Å²) in [7, 11) is 0. The Bertz CT molecular complexity index is 1120. The molecule has 3 aromatic carbocycles. The van der Waals surface area contributed by atoms with Crippen molar-refractivity contribution < 1.29 is 18.8 Å². The molecule has 2 aliphatic rings. The van der Waals surface area contributed by atoms with Gasteiger partial charge in [0.2, 0.25) is 5.91 Å². The van der Waals surface area contributed by atoms with Gasteiger partial charge in [-0.3, -0.25) is 14.4 Å². The van der Waals surface area contributed by atoms with Crippen LogP contribution in [0, 0.1) is 11.7 Å². The summed E-state index contributed by atoms with van der Waals surface area (Å²) >= 11 is 5.93. The van der Waals surface area contributed by atoms with Crippen molar-refractivity contribution in [2.45, 2.75) is 12.1 Å². The van der Waals surface area contributed by atoms with Crippen molar-refractivity contribution in [2.75, 3.05) is 9.96 Å². The van der Waals surface area contributed by atoms with Gasteiger partial charge in [-0.25, -0.2) is 14.4 Å². The van der Waals surface area contributed by atoms with Gasteiger partial charge < -0.3 is 0 Å². The number of amides is 2. The second kappa shape index (κ2) is 7.23. The predicted molar refractivity (Wildman–Crippen MR) is 110 cm³/mol. The third-order valence-corrected chi connectivity index (χ3v) is 5.69. The smallest absolute Gasteiger partial charge is 0.266 e. The van der Waals surface area contributed by atoms with Gasteiger partial charge in [-0.1, -0.05) is 48.0 Å². The Kier molecular flexibility index (Phi) is 4.53. The number of nitrogens with zero attached hydrogens (tertiary/aromatic N) is 2. The topological polar surface area (TPSA) is 49.9 Å². The maximum Gasteiger partial charge on any atom is 0.266 e. The van der Waals surface area contributed by atoms with Gasteiger partial charge in [0.15, 0.2) is 6.10 Å². The first-order valence-electron chi connectivity index (χ1n) is 9.45. The molecule has 2 saturated heterocycles. The first-order valence-corrected chi connectivity index (χ1v) is 9.83. The molecule has 7 heteroatoms. The minimum atomic E-state index is -1.04. The molecule has 0 spiro atoms. The van der Waals surface area contributed by atoms with E-state index in [1.165, 1.54) is 11.1 Å². The molecule has 3 atom stereocenters. The second-order valence-corrected chi connectivity index (χ2v) is 7.60. The Morgan fingerprint density at radius 3 is 2.17 bits per heavy atom. The fraction of sp³-hybridized carbons (Fsp3) is 0.130. The van der Waals surface area contributed by atoms with Crippen LogP contribution in [0.4, 0.5) is 15.8 Å². The number of carbonyl (C=O) groups is 2. The molecule has 150 valence electrons. The van der Waals surface area contributed by atoms with Crippen LogP contribution in [0.15, 0.2) is 78.9 Å². The van der Waals surface area contributed by atoms with Gasteiger partial charge in [0.05, 0.1) is 17.4 Å². The second-order valence-electron chi connectivity index (χ2n) is 7.17. The molecule has 0 saturated carbocycles. The quantitative estimate of drug-likeness (QED) is 0.582. The Morgan fingerprint density at radius 2 is 1.47 bits per heavy atom. The molecule has 5 rings (SSSR count). The summed E-state index contributed by atoms with van der Waals surface area (Å²) in [4.78, 5) is 33.6. The fourth-order valence-electron chi connectivity index (χ4n) is 4.09. The van der Waals surface area contributed by atoms with E-state index in [4.69, 9.17) is 16.4 Å². The van der Waals surface area contributed by atoms with Gasteiger partial charge in [0.25, 0.3) is 5.91 Å². The van der Waals surface area contributed by atoms with Gasteiger partial charge in [0, 0.05) is 10.6 Å². The lowest BCUT2D eigenvalue weighted by molar-refractivity contribution is -0.126. The summed E-state index contributed by atoms with van der Waals surface area (Å²) in [5, 5.41) is 1.97. The third kappa shape index (κ3) is 2.88. The highest BCUT2D eigenvalue weighted by molar-refractivity contribution is 6.31. The molecular formula is C23H16ClFN2O3. The van der Waals surface area contributed by atoms with E-state index >= 15 is 0 Å². The SMILES string of the molecule is O=C1[C@H]2[C@H](ON(c3ccccc3)[C@H]2c2ccccc2F)C(=O)N1c1ccc(Cl)cc1. The molecule has 2 fully saturated rings. The number of fused-ring (bicyclic) bond motifs is 1. The lowest BCUT2D eigenvalue weighted by atomic mass is 9.90. The predicted octanol–water partition coefficient (Wildman–Crippen LogP) is 4.53. The monoisotopic (exact) mass is 422 g/mol. The van der Waals surface area contributed by atoms with E-state index in [9.17, 15) is 14.0 Å². The Morgan fingerprint density at radius 1 is 0.800 bits per heavy atom. The van der Waals surface area contributed by atoms with Crippen LogP contribution in [0.3, 0.4) is 0 Å². The zero-order valence-electron chi connectivity index (χ0n) is 15.6. The van der Waals surface area contributed by atoms with Gasteiger partial charge in [-0.2, -0.15) is 0 Å². The van der Waals surface area contributed by atoms with Gasteiger partial charge in [-0.15, -0.1) is 0 Å². The lowest BCUT2D eigenvalue weighted by Crippen LogP contribution is -2.37. The maximum atomic E-state index is 14.8. The number of anilines is 2. The average Bonchev–Trinajstić information content (AvgIpc) is 3.26. The molecule has 3 aromatic rings. The molecule has 0 aromatic heterocycles. The highest BCUT2D eigenvalue weighted by Gasteiger charge is 2.60. The largest absolute Gasteiger partial charge is 0.273 e. The van der Waals surface area contributed by atoms with Crippen molar-refractivity contribution in [1.82, 2.24) is 0 Å². The summed E-state index contributed by atoms with van der Waals surface area (Å²) < 4.78 is 14.8.